The molecule has 0 saturated heterocycles. The zero-order valence-electron chi connectivity index (χ0n) is 15.5. The van der Waals surface area contributed by atoms with E-state index in [-0.39, 0.29) is 16.7 Å². The molecule has 26 heavy (non-hydrogen) atoms. The topological polar surface area (TPSA) is 64.0 Å². The molecule has 0 aliphatic heterocycles. The van der Waals surface area contributed by atoms with Crippen LogP contribution in [0.1, 0.15) is 37.6 Å². The molecule has 140 valence electrons. The summed E-state index contributed by atoms with van der Waals surface area (Å²) < 4.78 is 1.65. The third-order valence-corrected chi connectivity index (χ3v) is 6.93. The molecule has 2 aromatic heterocycles. The molecule has 0 fully saturated rings. The van der Waals surface area contributed by atoms with Crippen LogP contribution < -0.4 is 10.9 Å². The van der Waals surface area contributed by atoms with Gasteiger partial charge < -0.3 is 5.32 Å². The number of aromatic nitrogens is 2. The van der Waals surface area contributed by atoms with Crippen molar-refractivity contribution in [3.63, 3.8) is 0 Å². The molecule has 0 radical (unpaired) electrons. The predicted octanol–water partition coefficient (Wildman–Crippen LogP) is 3.39. The van der Waals surface area contributed by atoms with Gasteiger partial charge in [0, 0.05) is 18.0 Å². The van der Waals surface area contributed by atoms with Crippen LogP contribution in [0, 0.1) is 5.92 Å². The first kappa shape index (κ1) is 19.2. The van der Waals surface area contributed by atoms with E-state index >= 15 is 0 Å². The normalized spacial score (nSPS) is 17.7. The zero-order chi connectivity index (χ0) is 18.8. The summed E-state index contributed by atoms with van der Waals surface area (Å²) in [5.74, 6) is 0.605. The first-order valence-corrected chi connectivity index (χ1v) is 10.8. The Labute approximate surface area is 161 Å². The van der Waals surface area contributed by atoms with E-state index in [2.05, 4.69) is 18.8 Å². The molecule has 1 N–H and O–H groups in total. The lowest BCUT2D eigenvalue weighted by Gasteiger charge is -2.18. The predicted molar refractivity (Wildman–Crippen MR) is 109 cm³/mol. The Morgan fingerprint density at radius 1 is 1.58 bits per heavy atom. The molecule has 0 saturated carbocycles. The van der Waals surface area contributed by atoms with Gasteiger partial charge in [-0.15, -0.1) is 17.9 Å². The molecule has 0 bridgehead atoms. The number of nitrogens with zero attached hydrogens (tertiary/aromatic N) is 2. The molecule has 2 heterocycles. The number of aryl methyl sites for hydroxylation is 1. The Balaban J connectivity index is 2.08. The molecule has 2 atom stereocenters. The minimum atomic E-state index is -0.315. The number of thioether (sulfide) groups is 1. The van der Waals surface area contributed by atoms with Crippen LogP contribution in [0.5, 0.6) is 0 Å². The van der Waals surface area contributed by atoms with Gasteiger partial charge in [-0.05, 0) is 44.6 Å². The second-order valence-corrected chi connectivity index (χ2v) is 9.18. The first-order chi connectivity index (χ1) is 12.5. The van der Waals surface area contributed by atoms with Crippen LogP contribution in [0.4, 0.5) is 0 Å². The van der Waals surface area contributed by atoms with Crippen molar-refractivity contribution >= 4 is 39.2 Å². The van der Waals surface area contributed by atoms with Gasteiger partial charge >= 0.3 is 0 Å². The quantitative estimate of drug-likeness (QED) is 0.466. The van der Waals surface area contributed by atoms with Gasteiger partial charge in [-0.25, -0.2) is 4.98 Å². The van der Waals surface area contributed by atoms with E-state index in [0.29, 0.717) is 24.2 Å². The molecule has 2 aromatic rings. The van der Waals surface area contributed by atoms with E-state index in [9.17, 15) is 9.59 Å². The Bertz CT molecular complexity index is 900. The highest BCUT2D eigenvalue weighted by Gasteiger charge is 2.25. The minimum Gasteiger partial charge on any atom is -0.355 e. The summed E-state index contributed by atoms with van der Waals surface area (Å²) in [5, 5.41) is 3.87. The fourth-order valence-corrected chi connectivity index (χ4v) is 5.68. The van der Waals surface area contributed by atoms with Gasteiger partial charge in [0.05, 0.1) is 10.6 Å². The second kappa shape index (κ2) is 7.96. The fourth-order valence-electron chi connectivity index (χ4n) is 3.31. The summed E-state index contributed by atoms with van der Waals surface area (Å²) in [7, 11) is 0. The molecule has 7 heteroatoms. The molecular formula is C19H25N3O2S2. The van der Waals surface area contributed by atoms with Gasteiger partial charge in [-0.1, -0.05) is 24.8 Å². The number of carbonyl (C=O) groups excluding carboxylic acids is 1. The average molecular weight is 392 g/mol. The molecular weight excluding hydrogens is 366 g/mol. The zero-order valence-corrected chi connectivity index (χ0v) is 17.1. The van der Waals surface area contributed by atoms with Crippen LogP contribution in [0.3, 0.4) is 0 Å². The average Bonchev–Trinajstić information content (AvgIpc) is 2.95. The van der Waals surface area contributed by atoms with Gasteiger partial charge in [0.15, 0.2) is 5.16 Å². The highest BCUT2D eigenvalue weighted by molar-refractivity contribution is 8.00. The van der Waals surface area contributed by atoms with E-state index < -0.39 is 0 Å². The fraction of sp³-hybridized carbons (Fsp3) is 0.526. The summed E-state index contributed by atoms with van der Waals surface area (Å²) in [6.07, 6.45) is 4.79. The van der Waals surface area contributed by atoms with Crippen molar-refractivity contribution < 1.29 is 4.79 Å². The molecule has 3 rings (SSSR count). The van der Waals surface area contributed by atoms with Crippen molar-refractivity contribution in [1.82, 2.24) is 14.9 Å². The van der Waals surface area contributed by atoms with Crippen LogP contribution in [-0.2, 0) is 24.2 Å². The molecule has 1 aliphatic rings. The van der Waals surface area contributed by atoms with Crippen LogP contribution in [-0.4, -0.2) is 27.3 Å². The van der Waals surface area contributed by atoms with Crippen LogP contribution in [0.2, 0.25) is 0 Å². The maximum atomic E-state index is 13.2. The highest BCUT2D eigenvalue weighted by atomic mass is 32.2. The maximum Gasteiger partial charge on any atom is 0.263 e. The molecule has 0 spiro atoms. The van der Waals surface area contributed by atoms with E-state index in [1.165, 1.54) is 22.2 Å². The van der Waals surface area contributed by atoms with Crippen molar-refractivity contribution in [2.24, 2.45) is 5.92 Å². The summed E-state index contributed by atoms with van der Waals surface area (Å²) in [6.45, 7) is 10.7. The second-order valence-electron chi connectivity index (χ2n) is 6.79. The van der Waals surface area contributed by atoms with Crippen molar-refractivity contribution in [3.8, 4) is 0 Å². The molecule has 0 aromatic carbocycles. The molecule has 0 unspecified atom stereocenters. The number of hydrogen-bond acceptors (Lipinski definition) is 5. The number of amides is 1. The molecule has 1 aliphatic carbocycles. The van der Waals surface area contributed by atoms with Crippen molar-refractivity contribution in [2.45, 2.75) is 57.0 Å². The Kier molecular flexibility index (Phi) is 5.87. The summed E-state index contributed by atoms with van der Waals surface area (Å²) >= 11 is 2.97. The maximum absolute atomic E-state index is 13.2. The van der Waals surface area contributed by atoms with Gasteiger partial charge in [0.1, 0.15) is 4.83 Å². The smallest absolute Gasteiger partial charge is 0.263 e. The standard InChI is InChI=1S/C19H25N3O2S2/c1-5-9-22-18(24)15-13-8-7-11(3)10-14(13)26-17(15)21-19(22)25-12(4)16(23)20-6-2/h5,11-12H,1,6-10H2,2-4H3,(H,20,23)/t11-,12-/m0/s1. The number of allylic oxidation sites excluding steroid dienone is 1. The molecule has 5 nitrogen and oxygen atoms in total. The Morgan fingerprint density at radius 3 is 3.04 bits per heavy atom. The summed E-state index contributed by atoms with van der Waals surface area (Å²) in [4.78, 5) is 32.2. The van der Waals surface area contributed by atoms with Gasteiger partial charge in [-0.2, -0.15) is 0 Å². The Morgan fingerprint density at radius 2 is 2.35 bits per heavy atom. The number of fused-ring (bicyclic) bond motifs is 3. The van der Waals surface area contributed by atoms with E-state index in [4.69, 9.17) is 4.98 Å². The monoisotopic (exact) mass is 391 g/mol. The summed E-state index contributed by atoms with van der Waals surface area (Å²) in [5.41, 5.74) is 1.18. The summed E-state index contributed by atoms with van der Waals surface area (Å²) in [6, 6.07) is 0. The van der Waals surface area contributed by atoms with Gasteiger partial charge in [0.25, 0.3) is 5.56 Å². The van der Waals surface area contributed by atoms with Crippen LogP contribution in [0.25, 0.3) is 10.2 Å². The number of nitrogens with one attached hydrogen (secondary N) is 1. The van der Waals surface area contributed by atoms with E-state index in [0.717, 1.165) is 29.5 Å². The molecule has 1 amide bonds. The van der Waals surface area contributed by atoms with Gasteiger partial charge in [-0.3, -0.25) is 14.2 Å². The van der Waals surface area contributed by atoms with Crippen LogP contribution >= 0.6 is 23.1 Å². The SMILES string of the molecule is C=CCn1c(S[C@@H](C)C(=O)NCC)nc2sc3c(c2c1=O)CC[C@H](C)C3. The van der Waals surface area contributed by atoms with E-state index in [1.807, 2.05) is 13.8 Å². The van der Waals surface area contributed by atoms with Crippen molar-refractivity contribution in [2.75, 3.05) is 6.54 Å². The lowest BCUT2D eigenvalue weighted by molar-refractivity contribution is -0.120. The van der Waals surface area contributed by atoms with Crippen molar-refractivity contribution in [3.05, 3.63) is 33.4 Å². The Hall–Kier alpha value is -1.60. The minimum absolute atomic E-state index is 0.00690. The largest absolute Gasteiger partial charge is 0.355 e. The lowest BCUT2D eigenvalue weighted by Crippen LogP contribution is -2.31. The highest BCUT2D eigenvalue weighted by Crippen LogP contribution is 2.36. The number of thiophene rings is 1. The van der Waals surface area contributed by atoms with Crippen LogP contribution in [0.15, 0.2) is 22.6 Å². The third kappa shape index (κ3) is 3.60. The third-order valence-electron chi connectivity index (χ3n) is 4.69. The van der Waals surface area contributed by atoms with E-state index in [1.54, 1.807) is 22.0 Å². The van der Waals surface area contributed by atoms with Crippen molar-refractivity contribution in [1.29, 1.82) is 0 Å². The lowest BCUT2D eigenvalue weighted by atomic mass is 9.89. The number of rotatable bonds is 6. The number of hydrogen-bond donors (Lipinski definition) is 1. The number of carbonyl (C=O) groups is 1. The first-order valence-electron chi connectivity index (χ1n) is 9.06. The van der Waals surface area contributed by atoms with Gasteiger partial charge in [0.2, 0.25) is 5.91 Å².